The van der Waals surface area contributed by atoms with Gasteiger partial charge in [-0.2, -0.15) is 11.1 Å². The summed E-state index contributed by atoms with van der Waals surface area (Å²) in [5.41, 5.74) is 0. The van der Waals surface area contributed by atoms with Gasteiger partial charge in [-0.15, -0.1) is 11.6 Å². The van der Waals surface area contributed by atoms with Crippen LogP contribution in [0.2, 0.25) is 19.1 Å². The van der Waals surface area contributed by atoms with Crippen molar-refractivity contribution < 1.29 is 0 Å². The highest BCUT2D eigenvalue weighted by molar-refractivity contribution is 7.19. The summed E-state index contributed by atoms with van der Waals surface area (Å²) >= 11 is 11.6. The SMILES string of the molecule is C[Si](C)(Cl)CCCCCCl. The van der Waals surface area contributed by atoms with Crippen molar-refractivity contribution in [2.75, 3.05) is 5.88 Å². The maximum Gasteiger partial charge on any atom is 0.150 e. The van der Waals surface area contributed by atoms with Gasteiger partial charge in [0.25, 0.3) is 0 Å². The number of halogens is 2. The molecule has 0 unspecified atom stereocenters. The molecule has 0 rings (SSSR count). The molecule has 3 heteroatoms. The third-order valence-electron chi connectivity index (χ3n) is 1.40. The highest BCUT2D eigenvalue weighted by atomic mass is 35.6. The Balaban J connectivity index is 3.04. The van der Waals surface area contributed by atoms with Crippen molar-refractivity contribution >= 4 is 30.1 Å². The molecular formula is C7H16Cl2Si. The minimum atomic E-state index is -1.28. The number of hydrogen-bond acceptors (Lipinski definition) is 0. The molecule has 62 valence electrons. The van der Waals surface area contributed by atoms with Crippen LogP contribution in [0.15, 0.2) is 0 Å². The van der Waals surface area contributed by atoms with Crippen LogP contribution in [-0.4, -0.2) is 13.3 Å². The molecule has 0 nitrogen and oxygen atoms in total. The molecule has 10 heavy (non-hydrogen) atoms. The minimum absolute atomic E-state index is 0.796. The standard InChI is InChI=1S/C7H16Cl2Si/c1-10(2,9)7-5-3-4-6-8/h3-7H2,1-2H3. The minimum Gasteiger partial charge on any atom is -0.168 e. The Labute approximate surface area is 74.6 Å². The van der Waals surface area contributed by atoms with Gasteiger partial charge in [-0.1, -0.05) is 25.9 Å². The van der Waals surface area contributed by atoms with E-state index in [1.54, 1.807) is 0 Å². The topological polar surface area (TPSA) is 0 Å². The summed E-state index contributed by atoms with van der Waals surface area (Å²) in [5, 5.41) is 0. The van der Waals surface area contributed by atoms with E-state index in [4.69, 9.17) is 22.7 Å². The fourth-order valence-corrected chi connectivity index (χ4v) is 2.50. The van der Waals surface area contributed by atoms with Crippen molar-refractivity contribution in [1.29, 1.82) is 0 Å². The number of unbranched alkanes of at least 4 members (excludes halogenated alkanes) is 2. The van der Waals surface area contributed by atoms with Gasteiger partial charge in [-0.25, -0.2) is 0 Å². The molecule has 0 bridgehead atoms. The van der Waals surface area contributed by atoms with Gasteiger partial charge in [-0.3, -0.25) is 0 Å². The van der Waals surface area contributed by atoms with E-state index >= 15 is 0 Å². The molecule has 0 saturated carbocycles. The third kappa shape index (κ3) is 8.80. The lowest BCUT2D eigenvalue weighted by Gasteiger charge is -2.11. The highest BCUT2D eigenvalue weighted by Crippen LogP contribution is 2.18. The first-order valence-corrected chi connectivity index (χ1v) is 8.56. The average molecular weight is 199 g/mol. The van der Waals surface area contributed by atoms with Crippen LogP contribution in [0, 0.1) is 0 Å². The molecule has 0 radical (unpaired) electrons. The van der Waals surface area contributed by atoms with E-state index in [0.29, 0.717) is 0 Å². The van der Waals surface area contributed by atoms with E-state index in [-0.39, 0.29) is 0 Å². The molecule has 0 aliphatic carbocycles. The van der Waals surface area contributed by atoms with Gasteiger partial charge in [0.05, 0.1) is 0 Å². The Hall–Kier alpha value is 0.797. The summed E-state index contributed by atoms with van der Waals surface area (Å²) in [7, 11) is -1.28. The van der Waals surface area contributed by atoms with Gasteiger partial charge < -0.3 is 0 Å². The number of hydrogen-bond donors (Lipinski definition) is 0. The Morgan fingerprint density at radius 1 is 1.10 bits per heavy atom. The van der Waals surface area contributed by atoms with Crippen LogP contribution in [0.25, 0.3) is 0 Å². The largest absolute Gasteiger partial charge is 0.168 e. The molecule has 0 amide bonds. The van der Waals surface area contributed by atoms with Crippen LogP contribution in [-0.2, 0) is 0 Å². The van der Waals surface area contributed by atoms with Gasteiger partial charge in [-0.05, 0) is 12.5 Å². The lowest BCUT2D eigenvalue weighted by atomic mass is 10.3. The van der Waals surface area contributed by atoms with Crippen molar-refractivity contribution in [2.24, 2.45) is 0 Å². The molecule has 0 N–H and O–H groups in total. The van der Waals surface area contributed by atoms with Gasteiger partial charge in [0.1, 0.15) is 7.38 Å². The molecule has 0 aromatic heterocycles. The first kappa shape index (κ1) is 10.8. The van der Waals surface area contributed by atoms with Crippen LogP contribution < -0.4 is 0 Å². The molecule has 0 aromatic carbocycles. The second-order valence-corrected chi connectivity index (χ2v) is 10.6. The molecule has 0 aromatic rings. The summed E-state index contributed by atoms with van der Waals surface area (Å²) in [6.45, 7) is 4.38. The Morgan fingerprint density at radius 2 is 1.70 bits per heavy atom. The molecule has 0 aliphatic rings. The van der Waals surface area contributed by atoms with E-state index in [9.17, 15) is 0 Å². The molecule has 0 heterocycles. The van der Waals surface area contributed by atoms with Crippen molar-refractivity contribution in [3.8, 4) is 0 Å². The monoisotopic (exact) mass is 198 g/mol. The summed E-state index contributed by atoms with van der Waals surface area (Å²) in [4.78, 5) is 0. The fraction of sp³-hybridized carbons (Fsp3) is 1.00. The summed E-state index contributed by atoms with van der Waals surface area (Å²) < 4.78 is 0. The lowest BCUT2D eigenvalue weighted by Crippen LogP contribution is -2.14. The van der Waals surface area contributed by atoms with Crippen molar-refractivity contribution in [3.63, 3.8) is 0 Å². The fourth-order valence-electron chi connectivity index (χ4n) is 0.817. The first-order valence-electron chi connectivity index (χ1n) is 3.81. The van der Waals surface area contributed by atoms with Crippen LogP contribution in [0.5, 0.6) is 0 Å². The molecule has 0 fully saturated rings. The Bertz CT molecular complexity index is 78.2. The zero-order chi connectivity index (χ0) is 8.04. The predicted octanol–water partition coefficient (Wildman–Crippen LogP) is 3.84. The third-order valence-corrected chi connectivity index (χ3v) is 3.78. The van der Waals surface area contributed by atoms with Crippen molar-refractivity contribution in [1.82, 2.24) is 0 Å². The molecule has 0 spiro atoms. The molecule has 0 saturated heterocycles. The summed E-state index contributed by atoms with van der Waals surface area (Å²) in [5.74, 6) is 0.796. The average Bonchev–Trinajstić information content (AvgIpc) is 1.78. The van der Waals surface area contributed by atoms with Crippen molar-refractivity contribution in [2.45, 2.75) is 38.4 Å². The lowest BCUT2D eigenvalue weighted by molar-refractivity contribution is 0.769. The van der Waals surface area contributed by atoms with Gasteiger partial charge >= 0.3 is 0 Å². The van der Waals surface area contributed by atoms with Crippen LogP contribution >= 0.6 is 22.7 Å². The normalized spacial score (nSPS) is 12.0. The number of alkyl halides is 1. The quantitative estimate of drug-likeness (QED) is 0.273. The Morgan fingerprint density at radius 3 is 2.10 bits per heavy atom. The zero-order valence-corrected chi connectivity index (χ0v) is 9.30. The van der Waals surface area contributed by atoms with E-state index in [0.717, 1.165) is 12.3 Å². The van der Waals surface area contributed by atoms with Gasteiger partial charge in [0.2, 0.25) is 0 Å². The van der Waals surface area contributed by atoms with Crippen LogP contribution in [0.1, 0.15) is 19.3 Å². The molecular weight excluding hydrogens is 183 g/mol. The summed E-state index contributed by atoms with van der Waals surface area (Å²) in [6.07, 6.45) is 3.64. The maximum atomic E-state index is 6.12. The van der Waals surface area contributed by atoms with E-state index in [2.05, 4.69) is 13.1 Å². The van der Waals surface area contributed by atoms with Gasteiger partial charge in [0.15, 0.2) is 0 Å². The molecule has 0 atom stereocenters. The number of rotatable bonds is 5. The predicted molar refractivity (Wildman–Crippen MR) is 52.7 cm³/mol. The smallest absolute Gasteiger partial charge is 0.150 e. The molecule has 0 aliphatic heterocycles. The van der Waals surface area contributed by atoms with E-state index in [1.165, 1.54) is 18.9 Å². The maximum absolute atomic E-state index is 6.12. The highest BCUT2D eigenvalue weighted by Gasteiger charge is 2.15. The van der Waals surface area contributed by atoms with Crippen LogP contribution in [0.3, 0.4) is 0 Å². The Kier molecular flexibility index (Phi) is 5.88. The van der Waals surface area contributed by atoms with Gasteiger partial charge in [0, 0.05) is 5.88 Å². The first-order chi connectivity index (χ1) is 4.56. The van der Waals surface area contributed by atoms with Crippen molar-refractivity contribution in [3.05, 3.63) is 0 Å². The van der Waals surface area contributed by atoms with E-state index < -0.39 is 7.38 Å². The second kappa shape index (κ2) is 5.45. The second-order valence-electron chi connectivity index (χ2n) is 3.22. The summed E-state index contributed by atoms with van der Waals surface area (Å²) in [6, 6.07) is 1.23. The zero-order valence-electron chi connectivity index (χ0n) is 6.79. The van der Waals surface area contributed by atoms with Crippen LogP contribution in [0.4, 0.5) is 0 Å². The van der Waals surface area contributed by atoms with E-state index in [1.807, 2.05) is 0 Å².